The van der Waals surface area contributed by atoms with Crippen LogP contribution in [0.2, 0.25) is 0 Å². The van der Waals surface area contributed by atoms with Crippen molar-refractivity contribution in [2.45, 2.75) is 26.9 Å². The second-order valence-corrected chi connectivity index (χ2v) is 9.39. The fourth-order valence-electron chi connectivity index (χ4n) is 4.39. The molecule has 1 amide bonds. The van der Waals surface area contributed by atoms with E-state index in [-0.39, 0.29) is 5.91 Å². The van der Waals surface area contributed by atoms with Gasteiger partial charge in [0.1, 0.15) is 0 Å². The Kier molecular flexibility index (Phi) is 6.12. The number of piperazine rings is 1. The Bertz CT molecular complexity index is 1180. The molecule has 2 aromatic carbocycles. The molecule has 3 heterocycles. The summed E-state index contributed by atoms with van der Waals surface area (Å²) in [6.45, 7) is 8.94. The van der Waals surface area contributed by atoms with Gasteiger partial charge in [-0.1, -0.05) is 18.2 Å². The van der Waals surface area contributed by atoms with Gasteiger partial charge in [0.2, 0.25) is 6.79 Å². The Hall–Kier alpha value is -2.84. The van der Waals surface area contributed by atoms with Crippen LogP contribution in [-0.2, 0) is 13.1 Å². The largest absolute Gasteiger partial charge is 0.454 e. The molecule has 0 spiro atoms. The molecule has 0 N–H and O–H groups in total. The number of aryl methyl sites for hydroxylation is 1. The van der Waals surface area contributed by atoms with E-state index in [9.17, 15) is 4.79 Å². The van der Waals surface area contributed by atoms with Crippen LogP contribution in [0.1, 0.15) is 32.9 Å². The minimum atomic E-state index is 0.0918. The first kappa shape index (κ1) is 22.0. The number of rotatable bonds is 5. The third-order valence-corrected chi connectivity index (χ3v) is 7.45. The van der Waals surface area contributed by atoms with Gasteiger partial charge in [-0.3, -0.25) is 14.4 Å². The first-order valence-electron chi connectivity index (χ1n) is 11.2. The average molecular weight is 511 g/mol. The van der Waals surface area contributed by atoms with Crippen molar-refractivity contribution in [2.24, 2.45) is 0 Å². The average Bonchev–Trinajstić information content (AvgIpc) is 3.39. The lowest BCUT2D eigenvalue weighted by Gasteiger charge is -2.35. The molecule has 1 fully saturated rings. The molecule has 2 aliphatic rings. The molecule has 0 aliphatic carbocycles. The Morgan fingerprint density at radius 1 is 0.970 bits per heavy atom. The van der Waals surface area contributed by atoms with Crippen LogP contribution in [0.5, 0.6) is 11.5 Å². The van der Waals surface area contributed by atoms with Crippen molar-refractivity contribution in [2.75, 3.05) is 33.0 Å². The molecule has 5 rings (SSSR count). The topological polar surface area (TPSA) is 59.8 Å². The maximum atomic E-state index is 13.2. The number of hydrogen-bond donors (Lipinski definition) is 0. The minimum absolute atomic E-state index is 0.0918. The van der Waals surface area contributed by atoms with E-state index in [0.29, 0.717) is 13.3 Å². The van der Waals surface area contributed by atoms with E-state index in [1.165, 1.54) is 5.56 Å². The Morgan fingerprint density at radius 3 is 2.48 bits per heavy atom. The highest BCUT2D eigenvalue weighted by molar-refractivity contribution is 9.10. The van der Waals surface area contributed by atoms with E-state index < -0.39 is 0 Å². The third-order valence-electron chi connectivity index (χ3n) is 6.30. The standard InChI is InChI=1S/C25H27BrN4O3/c1-17-24(26)18(2)30(27-17)15-19-4-3-5-21(12-19)25(31)29-10-8-28(9-11-29)14-20-6-7-22-23(13-20)33-16-32-22/h3-7,12-13H,8-11,14-16H2,1-2H3. The summed E-state index contributed by atoms with van der Waals surface area (Å²) in [7, 11) is 0. The summed E-state index contributed by atoms with van der Waals surface area (Å²) in [6.07, 6.45) is 0. The number of aromatic nitrogens is 2. The molecule has 0 saturated carbocycles. The SMILES string of the molecule is Cc1nn(Cc2cccc(C(=O)N3CCN(Cc4ccc5c(c4)OCO5)CC3)c2)c(C)c1Br. The van der Waals surface area contributed by atoms with Crippen LogP contribution in [0.4, 0.5) is 0 Å². The normalized spacial score (nSPS) is 15.8. The molecule has 0 radical (unpaired) electrons. The molecule has 172 valence electrons. The van der Waals surface area contributed by atoms with Gasteiger partial charge >= 0.3 is 0 Å². The quantitative estimate of drug-likeness (QED) is 0.519. The third kappa shape index (κ3) is 4.63. The van der Waals surface area contributed by atoms with Crippen LogP contribution in [0, 0.1) is 13.8 Å². The Balaban J connectivity index is 1.19. The number of hydrogen-bond acceptors (Lipinski definition) is 5. The highest BCUT2D eigenvalue weighted by Gasteiger charge is 2.23. The van der Waals surface area contributed by atoms with Crippen molar-refractivity contribution in [3.05, 3.63) is 75.0 Å². The van der Waals surface area contributed by atoms with Gasteiger partial charge < -0.3 is 14.4 Å². The zero-order valence-electron chi connectivity index (χ0n) is 18.9. The fourth-order valence-corrected chi connectivity index (χ4v) is 4.68. The Morgan fingerprint density at radius 2 is 1.73 bits per heavy atom. The lowest BCUT2D eigenvalue weighted by atomic mass is 10.1. The van der Waals surface area contributed by atoms with E-state index in [4.69, 9.17) is 9.47 Å². The van der Waals surface area contributed by atoms with Gasteiger partial charge in [-0.15, -0.1) is 0 Å². The van der Waals surface area contributed by atoms with Crippen molar-refractivity contribution >= 4 is 21.8 Å². The van der Waals surface area contributed by atoms with Crippen molar-refractivity contribution in [1.82, 2.24) is 19.6 Å². The molecule has 3 aromatic rings. The number of benzene rings is 2. The Labute approximate surface area is 202 Å². The summed E-state index contributed by atoms with van der Waals surface area (Å²) in [5.41, 5.74) is 5.06. The zero-order valence-corrected chi connectivity index (χ0v) is 20.5. The summed E-state index contributed by atoms with van der Waals surface area (Å²) in [4.78, 5) is 17.5. The first-order valence-corrected chi connectivity index (χ1v) is 12.0. The summed E-state index contributed by atoms with van der Waals surface area (Å²) < 4.78 is 13.9. The van der Waals surface area contributed by atoms with Crippen molar-refractivity contribution in [3.63, 3.8) is 0 Å². The van der Waals surface area contributed by atoms with E-state index in [1.807, 2.05) is 59.8 Å². The van der Waals surface area contributed by atoms with Gasteiger partial charge in [0.25, 0.3) is 5.91 Å². The van der Waals surface area contributed by atoms with E-state index >= 15 is 0 Å². The van der Waals surface area contributed by atoms with E-state index in [2.05, 4.69) is 32.0 Å². The van der Waals surface area contributed by atoms with Crippen LogP contribution in [0.3, 0.4) is 0 Å². The van der Waals surface area contributed by atoms with Crippen LogP contribution < -0.4 is 9.47 Å². The van der Waals surface area contributed by atoms with Gasteiger partial charge in [-0.2, -0.15) is 5.10 Å². The lowest BCUT2D eigenvalue weighted by molar-refractivity contribution is 0.0628. The monoisotopic (exact) mass is 510 g/mol. The second-order valence-electron chi connectivity index (χ2n) is 8.60. The molecular weight excluding hydrogens is 484 g/mol. The van der Waals surface area contributed by atoms with Gasteiger partial charge in [0.05, 0.1) is 22.4 Å². The number of ether oxygens (including phenoxy) is 2. The van der Waals surface area contributed by atoms with Crippen LogP contribution in [0.15, 0.2) is 46.9 Å². The molecule has 0 atom stereocenters. The van der Waals surface area contributed by atoms with Crippen LogP contribution in [-0.4, -0.2) is 58.5 Å². The molecule has 0 unspecified atom stereocenters. The van der Waals surface area contributed by atoms with Crippen LogP contribution in [0.25, 0.3) is 0 Å². The molecule has 1 aromatic heterocycles. The summed E-state index contributed by atoms with van der Waals surface area (Å²) >= 11 is 3.58. The number of amides is 1. The number of carbonyl (C=O) groups excluding carboxylic acids is 1. The summed E-state index contributed by atoms with van der Waals surface area (Å²) in [5, 5.41) is 4.59. The molecule has 1 saturated heterocycles. The van der Waals surface area contributed by atoms with Gasteiger partial charge in [-0.05, 0) is 65.2 Å². The zero-order chi connectivity index (χ0) is 22.9. The maximum absolute atomic E-state index is 13.2. The molecule has 0 bridgehead atoms. The predicted octanol–water partition coefficient (Wildman–Crippen LogP) is 4.00. The molecule has 8 heteroatoms. The van der Waals surface area contributed by atoms with Gasteiger partial charge in [-0.25, -0.2) is 0 Å². The van der Waals surface area contributed by atoms with Crippen molar-refractivity contribution in [3.8, 4) is 11.5 Å². The minimum Gasteiger partial charge on any atom is -0.454 e. The second kappa shape index (κ2) is 9.19. The molecule has 33 heavy (non-hydrogen) atoms. The van der Waals surface area contributed by atoms with Gasteiger partial charge in [0, 0.05) is 38.3 Å². The number of nitrogens with zero attached hydrogens (tertiary/aromatic N) is 4. The number of carbonyl (C=O) groups is 1. The highest BCUT2D eigenvalue weighted by Crippen LogP contribution is 2.33. The lowest BCUT2D eigenvalue weighted by Crippen LogP contribution is -2.48. The summed E-state index contributed by atoms with van der Waals surface area (Å²) in [5.74, 6) is 1.71. The van der Waals surface area contributed by atoms with E-state index in [0.717, 1.165) is 71.2 Å². The molecule has 2 aliphatic heterocycles. The highest BCUT2D eigenvalue weighted by atomic mass is 79.9. The number of halogens is 1. The molecule has 7 nitrogen and oxygen atoms in total. The van der Waals surface area contributed by atoms with E-state index in [1.54, 1.807) is 0 Å². The van der Waals surface area contributed by atoms with Gasteiger partial charge in [0.15, 0.2) is 11.5 Å². The number of fused-ring (bicyclic) bond motifs is 1. The maximum Gasteiger partial charge on any atom is 0.253 e. The van der Waals surface area contributed by atoms with Crippen LogP contribution >= 0.6 is 15.9 Å². The predicted molar refractivity (Wildman–Crippen MR) is 129 cm³/mol. The van der Waals surface area contributed by atoms with Crippen molar-refractivity contribution < 1.29 is 14.3 Å². The smallest absolute Gasteiger partial charge is 0.253 e. The van der Waals surface area contributed by atoms with Crippen molar-refractivity contribution in [1.29, 1.82) is 0 Å². The first-order chi connectivity index (χ1) is 16.0. The molecular formula is C25H27BrN4O3. The fraction of sp³-hybridized carbons (Fsp3) is 0.360. The summed E-state index contributed by atoms with van der Waals surface area (Å²) in [6, 6.07) is 14.0.